The van der Waals surface area contributed by atoms with Crippen molar-refractivity contribution in [2.75, 3.05) is 6.54 Å². The lowest BCUT2D eigenvalue weighted by atomic mass is 10.2. The standard InChI is InChI=1S/C18H20N6O/c1-14-4-6-15(7-5-14)24-12-17(20-21-24)18(25)23-9-2-3-16(23)11-22-10-8-19-13-22/h4-8,10,12-13,16H,2-3,9,11H2,1H3. The molecule has 128 valence electrons. The fraction of sp³-hybridized carbons (Fsp3) is 0.333. The lowest BCUT2D eigenvalue weighted by Gasteiger charge is -2.24. The van der Waals surface area contributed by atoms with E-state index in [9.17, 15) is 4.79 Å². The number of carbonyl (C=O) groups excluding carboxylic acids is 1. The molecule has 1 aromatic carbocycles. The van der Waals surface area contributed by atoms with Gasteiger partial charge in [0.15, 0.2) is 5.69 Å². The average Bonchev–Trinajstić information content (AvgIpc) is 3.37. The molecule has 0 bridgehead atoms. The summed E-state index contributed by atoms with van der Waals surface area (Å²) >= 11 is 0. The van der Waals surface area contributed by atoms with Crippen LogP contribution in [0.1, 0.15) is 28.9 Å². The number of imidazole rings is 1. The van der Waals surface area contributed by atoms with Gasteiger partial charge in [-0.1, -0.05) is 22.9 Å². The first-order chi connectivity index (χ1) is 12.2. The average molecular weight is 336 g/mol. The van der Waals surface area contributed by atoms with Gasteiger partial charge in [-0.2, -0.15) is 0 Å². The van der Waals surface area contributed by atoms with Crippen molar-refractivity contribution in [2.24, 2.45) is 0 Å². The van der Waals surface area contributed by atoms with Crippen LogP contribution in [0.5, 0.6) is 0 Å². The number of hydrogen-bond acceptors (Lipinski definition) is 4. The van der Waals surface area contributed by atoms with Crippen LogP contribution < -0.4 is 0 Å². The molecule has 0 spiro atoms. The molecular weight excluding hydrogens is 316 g/mol. The minimum absolute atomic E-state index is 0.0547. The van der Waals surface area contributed by atoms with Crippen LogP contribution in [0.3, 0.4) is 0 Å². The van der Waals surface area contributed by atoms with E-state index in [-0.39, 0.29) is 11.9 Å². The molecule has 1 amide bonds. The van der Waals surface area contributed by atoms with Crippen molar-refractivity contribution in [1.82, 2.24) is 29.4 Å². The topological polar surface area (TPSA) is 68.8 Å². The lowest BCUT2D eigenvalue weighted by molar-refractivity contribution is 0.0718. The highest BCUT2D eigenvalue weighted by atomic mass is 16.2. The Bertz CT molecular complexity index is 852. The number of amides is 1. The van der Waals surface area contributed by atoms with Gasteiger partial charge in [-0.05, 0) is 31.9 Å². The summed E-state index contributed by atoms with van der Waals surface area (Å²) in [5.74, 6) is -0.0547. The molecule has 1 atom stereocenters. The van der Waals surface area contributed by atoms with E-state index in [0.717, 1.165) is 31.6 Å². The van der Waals surface area contributed by atoms with Crippen LogP contribution in [-0.4, -0.2) is 47.9 Å². The van der Waals surface area contributed by atoms with Gasteiger partial charge in [0.1, 0.15) is 0 Å². The summed E-state index contributed by atoms with van der Waals surface area (Å²) in [6.45, 7) is 3.56. The zero-order valence-electron chi connectivity index (χ0n) is 14.1. The Labute approximate surface area is 145 Å². The van der Waals surface area contributed by atoms with Gasteiger partial charge in [0, 0.05) is 25.5 Å². The van der Waals surface area contributed by atoms with E-state index in [0.29, 0.717) is 5.69 Å². The van der Waals surface area contributed by atoms with Crippen molar-refractivity contribution in [2.45, 2.75) is 32.4 Å². The third kappa shape index (κ3) is 3.17. The van der Waals surface area contributed by atoms with E-state index in [1.165, 1.54) is 5.56 Å². The zero-order chi connectivity index (χ0) is 17.2. The molecule has 7 heteroatoms. The third-order valence-electron chi connectivity index (χ3n) is 4.63. The Hall–Kier alpha value is -2.96. The first-order valence-electron chi connectivity index (χ1n) is 8.47. The number of aromatic nitrogens is 5. The van der Waals surface area contributed by atoms with Gasteiger partial charge in [0.25, 0.3) is 5.91 Å². The van der Waals surface area contributed by atoms with Crippen molar-refractivity contribution in [3.63, 3.8) is 0 Å². The molecule has 0 N–H and O–H groups in total. The van der Waals surface area contributed by atoms with Gasteiger partial charge in [0.2, 0.25) is 0 Å². The van der Waals surface area contributed by atoms with Crippen molar-refractivity contribution in [1.29, 1.82) is 0 Å². The molecule has 0 radical (unpaired) electrons. The van der Waals surface area contributed by atoms with Gasteiger partial charge < -0.3 is 9.47 Å². The third-order valence-corrected chi connectivity index (χ3v) is 4.63. The Morgan fingerprint density at radius 3 is 2.88 bits per heavy atom. The SMILES string of the molecule is Cc1ccc(-n2cc(C(=O)N3CCCC3Cn3ccnc3)nn2)cc1. The van der Waals surface area contributed by atoms with Crippen LogP contribution in [0.4, 0.5) is 0 Å². The quantitative estimate of drug-likeness (QED) is 0.731. The van der Waals surface area contributed by atoms with E-state index < -0.39 is 0 Å². The normalized spacial score (nSPS) is 17.2. The molecule has 1 aliphatic rings. The molecule has 1 aliphatic heterocycles. The number of nitrogens with zero attached hydrogens (tertiary/aromatic N) is 6. The minimum atomic E-state index is -0.0547. The Morgan fingerprint density at radius 1 is 1.28 bits per heavy atom. The molecule has 25 heavy (non-hydrogen) atoms. The van der Waals surface area contributed by atoms with Crippen molar-refractivity contribution < 1.29 is 4.79 Å². The maximum atomic E-state index is 12.9. The Kier molecular flexibility index (Phi) is 4.05. The Morgan fingerprint density at radius 2 is 2.12 bits per heavy atom. The highest BCUT2D eigenvalue weighted by molar-refractivity contribution is 5.92. The maximum Gasteiger partial charge on any atom is 0.276 e. The first kappa shape index (κ1) is 15.6. The number of aryl methyl sites for hydroxylation is 1. The summed E-state index contributed by atoms with van der Waals surface area (Å²) in [5, 5.41) is 8.21. The van der Waals surface area contributed by atoms with Crippen molar-refractivity contribution >= 4 is 5.91 Å². The molecular formula is C18H20N6O. The Balaban J connectivity index is 1.51. The molecule has 1 unspecified atom stereocenters. The summed E-state index contributed by atoms with van der Waals surface area (Å²) < 4.78 is 3.66. The van der Waals surface area contributed by atoms with Gasteiger partial charge in [-0.15, -0.1) is 5.10 Å². The molecule has 3 aromatic rings. The molecule has 4 rings (SSSR count). The van der Waals surface area contributed by atoms with Crippen LogP contribution in [-0.2, 0) is 6.54 Å². The zero-order valence-corrected chi connectivity index (χ0v) is 14.1. The molecule has 0 aliphatic carbocycles. The summed E-state index contributed by atoms with van der Waals surface area (Å²) in [5.41, 5.74) is 2.46. The lowest BCUT2D eigenvalue weighted by Crippen LogP contribution is -2.38. The predicted molar refractivity (Wildman–Crippen MR) is 92.4 cm³/mol. The monoisotopic (exact) mass is 336 g/mol. The van der Waals surface area contributed by atoms with Crippen LogP contribution in [0.25, 0.3) is 5.69 Å². The molecule has 3 heterocycles. The molecule has 0 saturated carbocycles. The summed E-state index contributed by atoms with van der Waals surface area (Å²) in [6.07, 6.45) is 9.18. The van der Waals surface area contributed by atoms with Crippen LogP contribution in [0.15, 0.2) is 49.2 Å². The molecule has 1 saturated heterocycles. The van der Waals surface area contributed by atoms with Gasteiger partial charge in [-0.25, -0.2) is 9.67 Å². The number of rotatable bonds is 4. The van der Waals surface area contributed by atoms with E-state index in [2.05, 4.69) is 15.3 Å². The maximum absolute atomic E-state index is 12.9. The smallest absolute Gasteiger partial charge is 0.276 e. The number of carbonyl (C=O) groups is 1. The molecule has 1 fully saturated rings. The molecule has 7 nitrogen and oxygen atoms in total. The van der Waals surface area contributed by atoms with E-state index in [1.54, 1.807) is 23.4 Å². The summed E-state index contributed by atoms with van der Waals surface area (Å²) in [7, 11) is 0. The second kappa shape index (κ2) is 6.51. The van der Waals surface area contributed by atoms with Gasteiger partial charge in [-0.3, -0.25) is 4.79 Å². The highest BCUT2D eigenvalue weighted by Crippen LogP contribution is 2.21. The van der Waals surface area contributed by atoms with E-state index in [4.69, 9.17) is 0 Å². The first-order valence-corrected chi connectivity index (χ1v) is 8.47. The second-order valence-corrected chi connectivity index (χ2v) is 6.44. The van der Waals surface area contributed by atoms with Crippen molar-refractivity contribution in [3.05, 3.63) is 60.4 Å². The van der Waals surface area contributed by atoms with E-state index in [1.807, 2.05) is 46.9 Å². The van der Waals surface area contributed by atoms with Gasteiger partial charge >= 0.3 is 0 Å². The van der Waals surface area contributed by atoms with Crippen LogP contribution >= 0.6 is 0 Å². The van der Waals surface area contributed by atoms with Crippen LogP contribution in [0, 0.1) is 6.92 Å². The number of hydrogen-bond donors (Lipinski definition) is 0. The van der Waals surface area contributed by atoms with Crippen LogP contribution in [0.2, 0.25) is 0 Å². The molecule has 2 aromatic heterocycles. The highest BCUT2D eigenvalue weighted by Gasteiger charge is 2.31. The number of likely N-dealkylation sites (tertiary alicyclic amines) is 1. The fourth-order valence-electron chi connectivity index (χ4n) is 3.26. The second-order valence-electron chi connectivity index (χ2n) is 6.44. The fourth-order valence-corrected chi connectivity index (χ4v) is 3.26. The van der Waals surface area contributed by atoms with Crippen molar-refractivity contribution in [3.8, 4) is 5.69 Å². The number of benzene rings is 1. The predicted octanol–water partition coefficient (Wildman–Crippen LogP) is 2.08. The largest absolute Gasteiger partial charge is 0.335 e. The summed E-state index contributed by atoms with van der Waals surface area (Å²) in [4.78, 5) is 18.8. The minimum Gasteiger partial charge on any atom is -0.335 e. The van der Waals surface area contributed by atoms with E-state index >= 15 is 0 Å². The van der Waals surface area contributed by atoms with Gasteiger partial charge in [0.05, 0.1) is 24.3 Å². The summed E-state index contributed by atoms with van der Waals surface area (Å²) in [6, 6.07) is 8.14.